The van der Waals surface area contributed by atoms with E-state index in [0.717, 1.165) is 19.4 Å². The zero-order chi connectivity index (χ0) is 16.9. The molecule has 0 bridgehead atoms. The van der Waals surface area contributed by atoms with E-state index in [1.54, 1.807) is 18.2 Å². The summed E-state index contributed by atoms with van der Waals surface area (Å²) < 4.78 is 13.0. The molecular formula is C17H19ClN2O3S. The Kier molecular flexibility index (Phi) is 5.71. The number of carbonyl (C=O) groups is 1. The van der Waals surface area contributed by atoms with Crippen molar-refractivity contribution in [3.8, 4) is 5.75 Å². The first kappa shape index (κ1) is 17.2. The first-order valence-corrected chi connectivity index (χ1v) is 9.11. The predicted molar refractivity (Wildman–Crippen MR) is 93.8 cm³/mol. The summed E-state index contributed by atoms with van der Waals surface area (Å²) in [7, 11) is 1.52. The molecule has 128 valence electrons. The first-order chi connectivity index (χ1) is 11.7. The van der Waals surface area contributed by atoms with Gasteiger partial charge in [0.1, 0.15) is 5.75 Å². The molecule has 1 unspecified atom stereocenters. The summed E-state index contributed by atoms with van der Waals surface area (Å²) in [6.07, 6.45) is 5.46. The number of methoxy groups -OCH3 is 1. The molecule has 7 heteroatoms. The number of aromatic nitrogens is 1. The summed E-state index contributed by atoms with van der Waals surface area (Å²) in [6.45, 7) is 1.52. The van der Waals surface area contributed by atoms with Crippen LogP contribution in [0.2, 0.25) is 5.02 Å². The molecule has 24 heavy (non-hydrogen) atoms. The normalized spacial score (nSPS) is 18.6. The Morgan fingerprint density at radius 1 is 1.50 bits per heavy atom. The monoisotopic (exact) mass is 366 g/mol. The van der Waals surface area contributed by atoms with Gasteiger partial charge < -0.3 is 14.0 Å². The second-order valence-electron chi connectivity index (χ2n) is 5.59. The lowest BCUT2D eigenvalue weighted by Crippen LogP contribution is -2.28. The molecular weight excluding hydrogens is 348 g/mol. The minimum atomic E-state index is -0.366. The van der Waals surface area contributed by atoms with E-state index >= 15 is 0 Å². The molecule has 1 aliphatic heterocycles. The molecule has 0 N–H and O–H groups in total. The average molecular weight is 367 g/mol. The molecule has 0 radical (unpaired) electrons. The van der Waals surface area contributed by atoms with Crippen LogP contribution < -0.4 is 9.54 Å². The fourth-order valence-corrected chi connectivity index (χ4v) is 3.60. The van der Waals surface area contributed by atoms with Crippen LogP contribution in [0.3, 0.4) is 0 Å². The Hall–Kier alpha value is -1.63. The van der Waals surface area contributed by atoms with Gasteiger partial charge in [-0.3, -0.25) is 4.79 Å². The Bertz CT molecular complexity index is 778. The van der Waals surface area contributed by atoms with Gasteiger partial charge in [-0.15, -0.1) is 11.3 Å². The number of carbonyl (C=O) groups excluding carboxylic acids is 1. The third-order valence-electron chi connectivity index (χ3n) is 3.92. The number of amides is 1. The molecule has 1 atom stereocenters. The van der Waals surface area contributed by atoms with Gasteiger partial charge in [-0.25, -0.2) is 0 Å². The minimum absolute atomic E-state index is 0.183. The van der Waals surface area contributed by atoms with Crippen LogP contribution >= 0.6 is 22.9 Å². The molecule has 1 saturated heterocycles. The van der Waals surface area contributed by atoms with Gasteiger partial charge in [0.15, 0.2) is 4.80 Å². The molecule has 0 spiro atoms. The van der Waals surface area contributed by atoms with Crippen molar-refractivity contribution in [1.29, 1.82) is 0 Å². The maximum atomic E-state index is 12.5. The van der Waals surface area contributed by atoms with Crippen LogP contribution in [-0.4, -0.2) is 30.3 Å². The molecule has 1 aliphatic rings. The molecule has 3 rings (SSSR count). The molecule has 0 saturated carbocycles. The van der Waals surface area contributed by atoms with Crippen LogP contribution in [0.5, 0.6) is 5.75 Å². The van der Waals surface area contributed by atoms with Crippen LogP contribution in [0.25, 0.3) is 0 Å². The van der Waals surface area contributed by atoms with Gasteiger partial charge in [0.2, 0.25) is 0 Å². The number of nitrogens with zero attached hydrogens (tertiary/aromatic N) is 2. The number of benzene rings is 1. The highest BCUT2D eigenvalue weighted by molar-refractivity contribution is 7.07. The molecule has 0 aliphatic carbocycles. The highest BCUT2D eigenvalue weighted by atomic mass is 35.5. The lowest BCUT2D eigenvalue weighted by atomic mass is 10.1. The van der Waals surface area contributed by atoms with Crippen molar-refractivity contribution in [2.24, 2.45) is 4.99 Å². The number of halogens is 1. The molecule has 5 nitrogen and oxygen atoms in total. The highest BCUT2D eigenvalue weighted by Crippen LogP contribution is 2.23. The van der Waals surface area contributed by atoms with E-state index < -0.39 is 0 Å². The Morgan fingerprint density at radius 2 is 2.38 bits per heavy atom. The van der Waals surface area contributed by atoms with E-state index in [9.17, 15) is 4.79 Å². The van der Waals surface area contributed by atoms with Crippen molar-refractivity contribution in [1.82, 2.24) is 4.57 Å². The predicted octanol–water partition coefficient (Wildman–Crippen LogP) is 3.52. The van der Waals surface area contributed by atoms with Crippen molar-refractivity contribution >= 4 is 28.8 Å². The zero-order valence-corrected chi connectivity index (χ0v) is 15.0. The summed E-state index contributed by atoms with van der Waals surface area (Å²) in [6, 6.07) is 4.93. The molecule has 1 fully saturated rings. The van der Waals surface area contributed by atoms with E-state index in [0.29, 0.717) is 27.7 Å². The van der Waals surface area contributed by atoms with E-state index in [-0.39, 0.29) is 12.0 Å². The van der Waals surface area contributed by atoms with Gasteiger partial charge in [0.05, 0.1) is 25.3 Å². The minimum Gasteiger partial charge on any atom is -0.496 e. The smallest absolute Gasteiger partial charge is 0.283 e. The topological polar surface area (TPSA) is 52.8 Å². The van der Waals surface area contributed by atoms with Crippen molar-refractivity contribution in [2.75, 3.05) is 13.7 Å². The van der Waals surface area contributed by atoms with Crippen LogP contribution in [0.4, 0.5) is 0 Å². The molecule has 1 aromatic carbocycles. The number of hydrogen-bond donors (Lipinski definition) is 0. The summed E-state index contributed by atoms with van der Waals surface area (Å²) >= 11 is 7.42. The molecule has 1 amide bonds. The van der Waals surface area contributed by atoms with E-state index in [1.807, 2.05) is 16.1 Å². The van der Waals surface area contributed by atoms with Crippen LogP contribution in [0.15, 0.2) is 34.8 Å². The second kappa shape index (κ2) is 7.96. The number of hydrogen-bond acceptors (Lipinski definition) is 4. The average Bonchev–Trinajstić information content (AvgIpc) is 3.02. The Morgan fingerprint density at radius 3 is 3.12 bits per heavy atom. The quantitative estimate of drug-likeness (QED) is 0.831. The standard InChI is InChI=1S/C17H19ClN2O3S/c1-22-15-6-5-12(18)10-14(15)16(21)19-17-20(7-9-24-17)11-13-4-2-3-8-23-13/h5-7,9-10,13H,2-4,8,11H2,1H3/b19-17-. The number of rotatable bonds is 4. The van der Waals surface area contributed by atoms with Crippen molar-refractivity contribution in [3.05, 3.63) is 45.2 Å². The van der Waals surface area contributed by atoms with Gasteiger partial charge >= 0.3 is 0 Å². The maximum absolute atomic E-state index is 12.5. The van der Waals surface area contributed by atoms with Gasteiger partial charge in [0, 0.05) is 23.2 Å². The Balaban J connectivity index is 1.85. The van der Waals surface area contributed by atoms with Gasteiger partial charge in [-0.1, -0.05) is 11.6 Å². The fourth-order valence-electron chi connectivity index (χ4n) is 2.69. The van der Waals surface area contributed by atoms with Crippen molar-refractivity contribution < 1.29 is 14.3 Å². The van der Waals surface area contributed by atoms with Crippen LogP contribution in [0.1, 0.15) is 29.6 Å². The summed E-state index contributed by atoms with van der Waals surface area (Å²) in [5.74, 6) is 0.0991. The van der Waals surface area contributed by atoms with Gasteiger partial charge in [0.25, 0.3) is 5.91 Å². The SMILES string of the molecule is COc1ccc(Cl)cc1C(=O)/N=c1\sccn1CC1CCCCO1. The lowest BCUT2D eigenvalue weighted by Gasteiger charge is -2.22. The second-order valence-corrected chi connectivity index (χ2v) is 6.90. The van der Waals surface area contributed by atoms with Crippen molar-refractivity contribution in [3.63, 3.8) is 0 Å². The third kappa shape index (κ3) is 4.06. The molecule has 1 aromatic heterocycles. The molecule has 2 heterocycles. The number of thiazole rings is 1. The third-order valence-corrected chi connectivity index (χ3v) is 4.95. The first-order valence-electron chi connectivity index (χ1n) is 7.85. The maximum Gasteiger partial charge on any atom is 0.283 e. The fraction of sp³-hybridized carbons (Fsp3) is 0.412. The lowest BCUT2D eigenvalue weighted by molar-refractivity contribution is 0.00555. The summed E-state index contributed by atoms with van der Waals surface area (Å²) in [5, 5.41) is 2.40. The van der Waals surface area contributed by atoms with Crippen LogP contribution in [0, 0.1) is 0 Å². The van der Waals surface area contributed by atoms with E-state index in [2.05, 4.69) is 4.99 Å². The highest BCUT2D eigenvalue weighted by Gasteiger charge is 2.16. The van der Waals surface area contributed by atoms with Gasteiger partial charge in [-0.05, 0) is 37.5 Å². The summed E-state index contributed by atoms with van der Waals surface area (Å²) in [5.41, 5.74) is 0.360. The zero-order valence-electron chi connectivity index (χ0n) is 13.4. The van der Waals surface area contributed by atoms with E-state index in [4.69, 9.17) is 21.1 Å². The summed E-state index contributed by atoms with van der Waals surface area (Å²) in [4.78, 5) is 17.4. The van der Waals surface area contributed by atoms with Gasteiger partial charge in [-0.2, -0.15) is 4.99 Å². The Labute approximate surface area is 149 Å². The largest absolute Gasteiger partial charge is 0.496 e. The van der Waals surface area contributed by atoms with Crippen molar-refractivity contribution in [2.45, 2.75) is 31.9 Å². The van der Waals surface area contributed by atoms with Crippen LogP contribution in [-0.2, 0) is 11.3 Å². The van der Waals surface area contributed by atoms with E-state index in [1.165, 1.54) is 24.9 Å². The molecule has 2 aromatic rings. The number of ether oxygens (including phenoxy) is 2.